The van der Waals surface area contributed by atoms with Gasteiger partial charge in [0.2, 0.25) is 0 Å². The van der Waals surface area contributed by atoms with E-state index in [4.69, 9.17) is 0 Å². The first kappa shape index (κ1) is 14.8. The van der Waals surface area contributed by atoms with E-state index in [-0.39, 0.29) is 11.2 Å². The molecule has 0 heterocycles. The lowest BCUT2D eigenvalue weighted by Crippen LogP contribution is -2.06. The van der Waals surface area contributed by atoms with Crippen LogP contribution in [0.25, 0.3) is 16.3 Å². The van der Waals surface area contributed by atoms with Gasteiger partial charge in [0.05, 0.1) is 0 Å². The van der Waals surface area contributed by atoms with Crippen molar-refractivity contribution in [1.29, 1.82) is 0 Å². The van der Waals surface area contributed by atoms with E-state index < -0.39 is 0 Å². The van der Waals surface area contributed by atoms with Crippen molar-refractivity contribution < 1.29 is 4.79 Å². The van der Waals surface area contributed by atoms with Crippen molar-refractivity contribution in [3.05, 3.63) is 65.3 Å². The van der Waals surface area contributed by atoms with Gasteiger partial charge in [0, 0.05) is 5.56 Å². The Kier molecular flexibility index (Phi) is 3.52. The highest BCUT2D eigenvalue weighted by Gasteiger charge is 2.22. The maximum atomic E-state index is 12.3. The third-order valence-corrected chi connectivity index (χ3v) is 4.36. The van der Waals surface area contributed by atoms with Crippen LogP contribution in [0, 0.1) is 5.41 Å². The van der Waals surface area contributed by atoms with Gasteiger partial charge in [-0.1, -0.05) is 69.3 Å². The molecule has 2 aromatic carbocycles. The van der Waals surface area contributed by atoms with Gasteiger partial charge in [-0.05, 0) is 46.2 Å². The number of hydrogen-bond donors (Lipinski definition) is 0. The van der Waals surface area contributed by atoms with E-state index in [2.05, 4.69) is 51.1 Å². The zero-order valence-electron chi connectivity index (χ0n) is 13.7. The maximum absolute atomic E-state index is 12.3. The molecule has 0 radical (unpaired) electrons. The van der Waals surface area contributed by atoms with Gasteiger partial charge in [0.1, 0.15) is 0 Å². The Morgan fingerprint density at radius 3 is 2.41 bits per heavy atom. The lowest BCUT2D eigenvalue weighted by molar-refractivity contribution is 0.101. The minimum atomic E-state index is 0.136. The zero-order valence-corrected chi connectivity index (χ0v) is 13.7. The fourth-order valence-electron chi connectivity index (χ4n) is 3.15. The molecule has 1 heteroatoms. The van der Waals surface area contributed by atoms with E-state index >= 15 is 0 Å². The van der Waals surface area contributed by atoms with Crippen LogP contribution in [0.15, 0.2) is 54.1 Å². The second-order valence-electron chi connectivity index (χ2n) is 7.05. The molecule has 0 N–H and O–H groups in total. The van der Waals surface area contributed by atoms with Crippen molar-refractivity contribution in [2.75, 3.05) is 0 Å². The first-order valence-electron chi connectivity index (χ1n) is 7.82. The molecule has 22 heavy (non-hydrogen) atoms. The van der Waals surface area contributed by atoms with Gasteiger partial charge in [0.15, 0.2) is 5.78 Å². The second-order valence-corrected chi connectivity index (χ2v) is 7.05. The molecule has 0 saturated heterocycles. The largest absolute Gasteiger partial charge is 0.294 e. The number of Topliss-reactive ketones (excluding diaryl/α,β-unsaturated/α-hetero) is 1. The Balaban J connectivity index is 2.17. The number of fused-ring (bicyclic) bond motifs is 1. The summed E-state index contributed by atoms with van der Waals surface area (Å²) in [6, 6.07) is 12.3. The van der Waals surface area contributed by atoms with E-state index in [1.807, 2.05) is 18.2 Å². The van der Waals surface area contributed by atoms with E-state index in [0.717, 1.165) is 28.3 Å². The summed E-state index contributed by atoms with van der Waals surface area (Å²) in [5, 5.41) is 2.18. The minimum Gasteiger partial charge on any atom is -0.294 e. The van der Waals surface area contributed by atoms with Crippen molar-refractivity contribution in [2.24, 2.45) is 5.41 Å². The standard InChI is InChI=1S/C21H22O/c1-14(22)20-18-8-6-5-7-15(18)10-12-19(20)16-9-11-17(13-16)21(2,3)4/h5-8,10-13H,9H2,1-4H3. The highest BCUT2D eigenvalue weighted by Crippen LogP contribution is 2.38. The summed E-state index contributed by atoms with van der Waals surface area (Å²) in [5.41, 5.74) is 4.69. The van der Waals surface area contributed by atoms with E-state index in [9.17, 15) is 4.79 Å². The Bertz CT molecular complexity index is 813. The molecule has 3 rings (SSSR count). The monoisotopic (exact) mass is 290 g/mol. The van der Waals surface area contributed by atoms with E-state index in [1.54, 1.807) is 6.92 Å². The van der Waals surface area contributed by atoms with Crippen LogP contribution in [-0.4, -0.2) is 5.78 Å². The van der Waals surface area contributed by atoms with E-state index in [0.29, 0.717) is 0 Å². The molecule has 2 aromatic rings. The lowest BCUT2D eigenvalue weighted by Gasteiger charge is -2.18. The molecule has 1 aliphatic carbocycles. The molecule has 0 fully saturated rings. The predicted molar refractivity (Wildman–Crippen MR) is 94.1 cm³/mol. The molecular weight excluding hydrogens is 268 g/mol. The number of allylic oxidation sites excluding steroid dienone is 4. The predicted octanol–water partition coefficient (Wildman–Crippen LogP) is 5.80. The Hall–Kier alpha value is -2.15. The van der Waals surface area contributed by atoms with Crippen molar-refractivity contribution >= 4 is 22.1 Å². The first-order valence-corrected chi connectivity index (χ1v) is 7.82. The van der Waals surface area contributed by atoms with Gasteiger partial charge in [-0.15, -0.1) is 0 Å². The van der Waals surface area contributed by atoms with Crippen LogP contribution >= 0.6 is 0 Å². The summed E-state index contributed by atoms with van der Waals surface area (Å²) in [6.45, 7) is 8.35. The highest BCUT2D eigenvalue weighted by molar-refractivity contribution is 6.11. The van der Waals surface area contributed by atoms with Crippen LogP contribution in [0.5, 0.6) is 0 Å². The SMILES string of the molecule is CC(=O)c1c(C2=CC(C(C)(C)C)=CC2)ccc2ccccc12. The molecule has 0 aromatic heterocycles. The lowest BCUT2D eigenvalue weighted by atomic mass is 9.86. The number of rotatable bonds is 2. The van der Waals surface area contributed by atoms with Crippen molar-refractivity contribution in [2.45, 2.75) is 34.1 Å². The minimum absolute atomic E-state index is 0.136. The van der Waals surface area contributed by atoms with Crippen LogP contribution in [-0.2, 0) is 0 Å². The Labute approximate surface area is 132 Å². The summed E-state index contributed by atoms with van der Waals surface area (Å²) in [7, 11) is 0. The average Bonchev–Trinajstić information content (AvgIpc) is 2.95. The van der Waals surface area contributed by atoms with Crippen molar-refractivity contribution in [3.8, 4) is 0 Å². The van der Waals surface area contributed by atoms with Gasteiger partial charge in [-0.3, -0.25) is 4.79 Å². The zero-order chi connectivity index (χ0) is 15.9. The van der Waals surface area contributed by atoms with Crippen molar-refractivity contribution in [3.63, 3.8) is 0 Å². The maximum Gasteiger partial charge on any atom is 0.161 e. The third-order valence-electron chi connectivity index (χ3n) is 4.36. The Morgan fingerprint density at radius 2 is 1.77 bits per heavy atom. The molecule has 0 atom stereocenters. The first-order chi connectivity index (χ1) is 10.4. The summed E-state index contributed by atoms with van der Waals surface area (Å²) >= 11 is 0. The fourth-order valence-corrected chi connectivity index (χ4v) is 3.15. The smallest absolute Gasteiger partial charge is 0.161 e. The average molecular weight is 290 g/mol. The van der Waals surface area contributed by atoms with Crippen LogP contribution < -0.4 is 0 Å². The van der Waals surface area contributed by atoms with Crippen LogP contribution in [0.1, 0.15) is 50.0 Å². The second kappa shape index (κ2) is 5.24. The van der Waals surface area contributed by atoms with Crippen LogP contribution in [0.2, 0.25) is 0 Å². The van der Waals surface area contributed by atoms with Gasteiger partial charge in [-0.25, -0.2) is 0 Å². The highest BCUT2D eigenvalue weighted by atomic mass is 16.1. The quantitative estimate of drug-likeness (QED) is 0.639. The number of carbonyl (C=O) groups excluding carboxylic acids is 1. The number of benzene rings is 2. The summed E-state index contributed by atoms with van der Waals surface area (Å²) in [6.07, 6.45) is 5.45. The topological polar surface area (TPSA) is 17.1 Å². The van der Waals surface area contributed by atoms with E-state index in [1.165, 1.54) is 11.1 Å². The van der Waals surface area contributed by atoms with Gasteiger partial charge < -0.3 is 0 Å². The number of hydrogen-bond acceptors (Lipinski definition) is 1. The van der Waals surface area contributed by atoms with Crippen molar-refractivity contribution in [1.82, 2.24) is 0 Å². The number of ketones is 1. The Morgan fingerprint density at radius 1 is 1.05 bits per heavy atom. The molecule has 112 valence electrons. The molecule has 0 aliphatic heterocycles. The van der Waals surface area contributed by atoms with Crippen LogP contribution in [0.4, 0.5) is 0 Å². The molecular formula is C21H22O. The molecule has 0 unspecified atom stereocenters. The molecule has 0 bridgehead atoms. The summed E-state index contributed by atoms with van der Waals surface area (Å²) in [4.78, 5) is 12.3. The summed E-state index contributed by atoms with van der Waals surface area (Å²) < 4.78 is 0. The molecule has 0 saturated carbocycles. The fraction of sp³-hybridized carbons (Fsp3) is 0.286. The molecule has 1 aliphatic rings. The molecule has 0 spiro atoms. The van der Waals surface area contributed by atoms with Gasteiger partial charge in [0.25, 0.3) is 0 Å². The number of carbonyl (C=O) groups is 1. The van der Waals surface area contributed by atoms with Crippen LogP contribution in [0.3, 0.4) is 0 Å². The molecule has 0 amide bonds. The molecule has 1 nitrogen and oxygen atoms in total. The van der Waals surface area contributed by atoms with Gasteiger partial charge >= 0.3 is 0 Å². The third kappa shape index (κ3) is 2.52. The normalized spacial score (nSPS) is 14.9. The van der Waals surface area contributed by atoms with Gasteiger partial charge in [-0.2, -0.15) is 0 Å². The summed E-state index contributed by atoms with van der Waals surface area (Å²) in [5.74, 6) is 0.136.